The number of pyridine rings is 1. The zero-order chi connectivity index (χ0) is 19.1. The molecule has 7 nitrogen and oxygen atoms in total. The third kappa shape index (κ3) is 2.76. The van der Waals surface area contributed by atoms with Crippen LogP contribution in [0.15, 0.2) is 59.4 Å². The van der Waals surface area contributed by atoms with Gasteiger partial charge in [0, 0.05) is 37.9 Å². The SMILES string of the molecule is Cn1cccc1-c1noc([C@H]2CCN(C(=O)c3nccc4ccccc34)C2)n1. The Hall–Kier alpha value is -3.48. The minimum atomic E-state index is -0.0542. The molecule has 4 heterocycles. The van der Waals surface area contributed by atoms with Gasteiger partial charge in [0.05, 0.1) is 11.6 Å². The molecule has 1 amide bonds. The summed E-state index contributed by atoms with van der Waals surface area (Å²) in [6, 6.07) is 13.6. The third-order valence-electron chi connectivity index (χ3n) is 5.32. The Kier molecular flexibility index (Phi) is 3.93. The lowest BCUT2D eigenvalue weighted by Crippen LogP contribution is -2.29. The molecule has 0 unspecified atom stereocenters. The summed E-state index contributed by atoms with van der Waals surface area (Å²) in [5, 5.41) is 6.00. The minimum absolute atomic E-state index is 0.0421. The normalized spacial score (nSPS) is 16.8. The lowest BCUT2D eigenvalue weighted by Gasteiger charge is -2.16. The van der Waals surface area contributed by atoms with Gasteiger partial charge in [-0.3, -0.25) is 9.78 Å². The summed E-state index contributed by atoms with van der Waals surface area (Å²) >= 11 is 0. The number of rotatable bonds is 3. The van der Waals surface area contributed by atoms with Crippen molar-refractivity contribution in [1.82, 2.24) is 24.6 Å². The minimum Gasteiger partial charge on any atom is -0.348 e. The monoisotopic (exact) mass is 373 g/mol. The molecule has 0 bridgehead atoms. The first kappa shape index (κ1) is 16.7. The highest BCUT2D eigenvalue weighted by Gasteiger charge is 2.32. The molecule has 7 heteroatoms. The summed E-state index contributed by atoms with van der Waals surface area (Å²) in [5.41, 5.74) is 1.40. The molecule has 1 fully saturated rings. The van der Waals surface area contributed by atoms with Crippen molar-refractivity contribution in [1.29, 1.82) is 0 Å². The molecule has 0 aliphatic carbocycles. The Morgan fingerprint density at radius 2 is 2.07 bits per heavy atom. The second-order valence-corrected chi connectivity index (χ2v) is 7.08. The van der Waals surface area contributed by atoms with E-state index in [0.29, 0.717) is 30.5 Å². The summed E-state index contributed by atoms with van der Waals surface area (Å²) in [6.45, 7) is 1.20. The molecule has 4 aromatic rings. The highest BCUT2D eigenvalue weighted by Crippen LogP contribution is 2.29. The van der Waals surface area contributed by atoms with Gasteiger partial charge in [-0.1, -0.05) is 29.4 Å². The summed E-state index contributed by atoms with van der Waals surface area (Å²) < 4.78 is 7.45. The Bertz CT molecular complexity index is 1160. The number of carbonyl (C=O) groups excluding carboxylic acids is 1. The van der Waals surface area contributed by atoms with Crippen LogP contribution < -0.4 is 0 Å². The van der Waals surface area contributed by atoms with Gasteiger partial charge in [-0.25, -0.2) is 0 Å². The molecule has 140 valence electrons. The van der Waals surface area contributed by atoms with Gasteiger partial charge in [-0.2, -0.15) is 4.98 Å². The van der Waals surface area contributed by atoms with Gasteiger partial charge >= 0.3 is 0 Å². The Morgan fingerprint density at radius 3 is 2.93 bits per heavy atom. The van der Waals surface area contributed by atoms with Gasteiger partial charge in [-0.15, -0.1) is 0 Å². The number of amides is 1. The fourth-order valence-corrected chi connectivity index (χ4v) is 3.78. The van der Waals surface area contributed by atoms with E-state index in [2.05, 4.69) is 15.1 Å². The van der Waals surface area contributed by atoms with Gasteiger partial charge in [0.15, 0.2) is 0 Å². The average molecular weight is 373 g/mol. The number of aryl methyl sites for hydroxylation is 1. The van der Waals surface area contributed by atoms with Crippen LogP contribution in [0.4, 0.5) is 0 Å². The van der Waals surface area contributed by atoms with E-state index in [1.165, 1.54) is 0 Å². The van der Waals surface area contributed by atoms with Crippen molar-refractivity contribution in [3.63, 3.8) is 0 Å². The predicted molar refractivity (Wildman–Crippen MR) is 104 cm³/mol. The zero-order valence-corrected chi connectivity index (χ0v) is 15.4. The maximum absolute atomic E-state index is 13.1. The van der Waals surface area contributed by atoms with E-state index in [4.69, 9.17) is 4.52 Å². The molecule has 0 radical (unpaired) electrons. The van der Waals surface area contributed by atoms with Crippen LogP contribution in [-0.4, -0.2) is 43.6 Å². The van der Waals surface area contributed by atoms with Crippen molar-refractivity contribution in [3.8, 4) is 11.5 Å². The number of likely N-dealkylation sites (tertiary alicyclic amines) is 1. The standard InChI is InChI=1S/C21H19N5O2/c1-25-11-4-7-17(25)19-23-20(28-24-19)15-9-12-26(13-15)21(27)18-16-6-3-2-5-14(16)8-10-22-18/h2-8,10-11,15H,9,12-13H2,1H3/t15-/m0/s1. The van der Waals surface area contributed by atoms with Crippen molar-refractivity contribution < 1.29 is 9.32 Å². The van der Waals surface area contributed by atoms with Crippen molar-refractivity contribution in [2.24, 2.45) is 7.05 Å². The molecule has 0 N–H and O–H groups in total. The van der Waals surface area contributed by atoms with Gasteiger partial charge in [0.2, 0.25) is 11.7 Å². The zero-order valence-electron chi connectivity index (χ0n) is 15.4. The van der Waals surface area contributed by atoms with Crippen molar-refractivity contribution >= 4 is 16.7 Å². The second-order valence-electron chi connectivity index (χ2n) is 7.08. The van der Waals surface area contributed by atoms with Crippen LogP contribution in [0, 0.1) is 0 Å². The third-order valence-corrected chi connectivity index (χ3v) is 5.32. The average Bonchev–Trinajstić information content (AvgIpc) is 3.47. The lowest BCUT2D eigenvalue weighted by atomic mass is 10.1. The molecule has 28 heavy (non-hydrogen) atoms. The molecule has 1 atom stereocenters. The Labute approximate surface area is 161 Å². The largest absolute Gasteiger partial charge is 0.348 e. The highest BCUT2D eigenvalue weighted by molar-refractivity contribution is 6.05. The molecule has 0 saturated carbocycles. The number of carbonyl (C=O) groups is 1. The van der Waals surface area contributed by atoms with Crippen molar-refractivity contribution in [2.75, 3.05) is 13.1 Å². The fourth-order valence-electron chi connectivity index (χ4n) is 3.78. The van der Waals surface area contributed by atoms with E-state index < -0.39 is 0 Å². The van der Waals surface area contributed by atoms with Gasteiger partial charge < -0.3 is 14.0 Å². The van der Waals surface area contributed by atoms with E-state index in [9.17, 15) is 4.79 Å². The first-order chi connectivity index (χ1) is 13.7. The number of hydrogen-bond acceptors (Lipinski definition) is 5. The van der Waals surface area contributed by atoms with Crippen LogP contribution in [0.3, 0.4) is 0 Å². The quantitative estimate of drug-likeness (QED) is 0.551. The van der Waals surface area contributed by atoms with Gasteiger partial charge in [0.1, 0.15) is 5.69 Å². The molecule has 1 aliphatic heterocycles. The molecule has 1 saturated heterocycles. The molecule has 0 spiro atoms. The first-order valence-electron chi connectivity index (χ1n) is 9.29. The van der Waals surface area contributed by atoms with E-state index in [0.717, 1.165) is 22.9 Å². The van der Waals surface area contributed by atoms with E-state index in [-0.39, 0.29) is 11.8 Å². The lowest BCUT2D eigenvalue weighted by molar-refractivity contribution is 0.0786. The molecule has 5 rings (SSSR count). The summed E-state index contributed by atoms with van der Waals surface area (Å²) in [4.78, 5) is 23.8. The Balaban J connectivity index is 1.37. The molecule has 1 aliphatic rings. The van der Waals surface area contributed by atoms with Crippen LogP contribution in [0.25, 0.3) is 22.3 Å². The smallest absolute Gasteiger partial charge is 0.273 e. The summed E-state index contributed by atoms with van der Waals surface area (Å²) in [7, 11) is 1.94. The summed E-state index contributed by atoms with van der Waals surface area (Å²) in [5.74, 6) is 1.14. The van der Waals surface area contributed by atoms with Crippen LogP contribution >= 0.6 is 0 Å². The first-order valence-corrected chi connectivity index (χ1v) is 9.29. The van der Waals surface area contributed by atoms with Gasteiger partial charge in [0.25, 0.3) is 5.91 Å². The van der Waals surface area contributed by atoms with Crippen LogP contribution in [-0.2, 0) is 7.05 Å². The van der Waals surface area contributed by atoms with E-state index in [1.807, 2.05) is 65.2 Å². The predicted octanol–water partition coefficient (Wildman–Crippen LogP) is 3.25. The Morgan fingerprint density at radius 1 is 1.18 bits per heavy atom. The summed E-state index contributed by atoms with van der Waals surface area (Å²) in [6.07, 6.45) is 4.43. The molecule has 3 aromatic heterocycles. The van der Waals surface area contributed by atoms with Crippen LogP contribution in [0.2, 0.25) is 0 Å². The number of benzene rings is 1. The van der Waals surface area contributed by atoms with E-state index in [1.54, 1.807) is 6.20 Å². The maximum Gasteiger partial charge on any atom is 0.273 e. The fraction of sp³-hybridized carbons (Fsp3) is 0.238. The van der Waals surface area contributed by atoms with Gasteiger partial charge in [-0.05, 0) is 30.0 Å². The topological polar surface area (TPSA) is 77.0 Å². The van der Waals surface area contributed by atoms with Crippen molar-refractivity contribution in [3.05, 3.63) is 66.4 Å². The molecular weight excluding hydrogens is 354 g/mol. The second kappa shape index (κ2) is 6.60. The number of fused-ring (bicyclic) bond motifs is 1. The highest BCUT2D eigenvalue weighted by atomic mass is 16.5. The molecular formula is C21H19N5O2. The van der Waals surface area contributed by atoms with Crippen LogP contribution in [0.5, 0.6) is 0 Å². The number of aromatic nitrogens is 4. The maximum atomic E-state index is 13.1. The number of nitrogens with zero attached hydrogens (tertiary/aromatic N) is 5. The van der Waals surface area contributed by atoms with Crippen LogP contribution in [0.1, 0.15) is 28.7 Å². The van der Waals surface area contributed by atoms with Crippen molar-refractivity contribution in [2.45, 2.75) is 12.3 Å². The molecule has 1 aromatic carbocycles. The van der Waals surface area contributed by atoms with E-state index >= 15 is 0 Å². The number of hydrogen-bond donors (Lipinski definition) is 0.